The van der Waals surface area contributed by atoms with Crippen LogP contribution in [0.5, 0.6) is 0 Å². The van der Waals surface area contributed by atoms with Crippen LogP contribution in [0.4, 0.5) is 0 Å². The molecule has 0 saturated carbocycles. The summed E-state index contributed by atoms with van der Waals surface area (Å²) in [6.45, 7) is 4.91. The number of benzene rings is 1. The molecular formula is C23H21Cl2N3O3S. The number of nitrogens with zero attached hydrogens (tertiary/aromatic N) is 2. The molecule has 1 aliphatic rings. The lowest BCUT2D eigenvalue weighted by atomic mass is 9.94. The maximum atomic E-state index is 13.7. The predicted octanol–water partition coefficient (Wildman–Crippen LogP) is 5.19. The van der Waals surface area contributed by atoms with Crippen LogP contribution in [0.2, 0.25) is 10.0 Å². The molecule has 1 aliphatic heterocycles. The first-order valence-corrected chi connectivity index (χ1v) is 11.7. The molecule has 0 radical (unpaired) electrons. The Morgan fingerprint density at radius 1 is 1.12 bits per heavy atom. The van der Waals surface area contributed by atoms with Gasteiger partial charge in [0.15, 0.2) is 0 Å². The number of nitrogens with one attached hydrogen (secondary N) is 1. The minimum absolute atomic E-state index is 0.168. The Morgan fingerprint density at radius 3 is 2.56 bits per heavy atom. The highest BCUT2D eigenvalue weighted by Crippen LogP contribution is 2.37. The fourth-order valence-electron chi connectivity index (χ4n) is 4.12. The maximum Gasteiger partial charge on any atom is 0.331 e. The third-order valence-electron chi connectivity index (χ3n) is 5.75. The molecule has 166 valence electrons. The van der Waals surface area contributed by atoms with Crippen LogP contribution in [0.3, 0.4) is 0 Å². The third-order valence-corrected chi connectivity index (χ3v) is 7.69. The van der Waals surface area contributed by atoms with Crippen molar-refractivity contribution in [1.82, 2.24) is 9.13 Å². The summed E-state index contributed by atoms with van der Waals surface area (Å²) in [6, 6.07) is 8.87. The second-order valence-corrected chi connectivity index (χ2v) is 10.4. The first-order valence-electron chi connectivity index (χ1n) is 10.2. The van der Waals surface area contributed by atoms with Crippen LogP contribution >= 0.6 is 34.5 Å². The fraction of sp³-hybridized carbons (Fsp3) is 0.304. The van der Waals surface area contributed by atoms with Gasteiger partial charge in [-0.25, -0.2) is 4.79 Å². The summed E-state index contributed by atoms with van der Waals surface area (Å²) in [5, 5.41) is 10.7. The van der Waals surface area contributed by atoms with Gasteiger partial charge < -0.3 is 9.15 Å². The Balaban J connectivity index is 1.79. The number of fused-ring (bicyclic) bond motifs is 3. The molecule has 0 amide bonds. The van der Waals surface area contributed by atoms with Crippen molar-refractivity contribution in [2.75, 3.05) is 0 Å². The van der Waals surface area contributed by atoms with Gasteiger partial charge >= 0.3 is 5.69 Å². The highest BCUT2D eigenvalue weighted by Gasteiger charge is 2.31. The number of rotatable bonds is 4. The van der Waals surface area contributed by atoms with E-state index in [0.29, 0.717) is 34.4 Å². The van der Waals surface area contributed by atoms with Crippen molar-refractivity contribution in [1.29, 1.82) is 5.41 Å². The number of aromatic nitrogens is 2. The molecule has 1 aromatic carbocycles. The van der Waals surface area contributed by atoms with E-state index in [-0.39, 0.29) is 29.9 Å². The molecule has 0 atom stereocenters. The Hall–Kier alpha value is -2.32. The summed E-state index contributed by atoms with van der Waals surface area (Å²) >= 11 is 14.4. The Bertz CT molecular complexity index is 1430. The summed E-state index contributed by atoms with van der Waals surface area (Å²) in [5.41, 5.74) is 1.27. The minimum atomic E-state index is -0.341. The van der Waals surface area contributed by atoms with E-state index in [9.17, 15) is 4.79 Å². The summed E-state index contributed by atoms with van der Waals surface area (Å²) in [7, 11) is 0. The number of thiophene rings is 1. The van der Waals surface area contributed by atoms with Gasteiger partial charge in [-0.3, -0.25) is 14.5 Å². The molecule has 0 fully saturated rings. The SMILES string of the molecule is CC1(C)Cc2c(sc3c2c(=N)n(Cc2ccco2)c(=O)n3Cc2c(Cl)cccc2Cl)CO1. The van der Waals surface area contributed by atoms with Gasteiger partial charge in [-0.1, -0.05) is 29.3 Å². The smallest absolute Gasteiger partial charge is 0.331 e. The molecule has 0 unspecified atom stereocenters. The molecule has 0 aliphatic carbocycles. The normalized spacial score (nSPS) is 15.2. The standard InChI is InChI=1S/C23H21Cl2N3O3S/c1-23(2)9-14-18(12-31-23)32-21-19(14)20(26)27(10-13-5-4-8-30-13)22(29)28(21)11-15-16(24)6-3-7-17(15)25/h3-8,26H,9-12H2,1-2H3. The zero-order valence-corrected chi connectivity index (χ0v) is 19.9. The van der Waals surface area contributed by atoms with Crippen molar-refractivity contribution < 1.29 is 9.15 Å². The van der Waals surface area contributed by atoms with Crippen molar-refractivity contribution in [2.45, 2.75) is 45.6 Å². The lowest BCUT2D eigenvalue weighted by molar-refractivity contribution is -0.0379. The van der Waals surface area contributed by atoms with E-state index in [1.807, 2.05) is 13.8 Å². The molecule has 5 rings (SSSR count). The molecule has 6 nitrogen and oxygen atoms in total. The van der Waals surface area contributed by atoms with E-state index in [2.05, 4.69) is 0 Å². The van der Waals surface area contributed by atoms with Crippen LogP contribution in [0.15, 0.2) is 45.8 Å². The van der Waals surface area contributed by atoms with Crippen molar-refractivity contribution in [3.8, 4) is 0 Å². The van der Waals surface area contributed by atoms with Crippen LogP contribution in [0, 0.1) is 5.41 Å². The van der Waals surface area contributed by atoms with Gasteiger partial charge in [0.1, 0.15) is 16.1 Å². The highest BCUT2D eigenvalue weighted by molar-refractivity contribution is 7.18. The average Bonchev–Trinajstić information content (AvgIpc) is 3.37. The van der Waals surface area contributed by atoms with Crippen molar-refractivity contribution in [2.24, 2.45) is 0 Å². The summed E-state index contributed by atoms with van der Waals surface area (Å²) in [6.07, 6.45) is 2.23. The topological polar surface area (TPSA) is 73.2 Å². The van der Waals surface area contributed by atoms with Crippen LogP contribution in [-0.2, 0) is 30.9 Å². The van der Waals surface area contributed by atoms with Crippen LogP contribution in [-0.4, -0.2) is 14.7 Å². The molecule has 9 heteroatoms. The third kappa shape index (κ3) is 3.63. The average molecular weight is 490 g/mol. The minimum Gasteiger partial charge on any atom is -0.467 e. The lowest BCUT2D eigenvalue weighted by Crippen LogP contribution is -2.41. The molecule has 4 aromatic rings. The zero-order chi connectivity index (χ0) is 22.6. The number of ether oxygens (including phenoxy) is 1. The van der Waals surface area contributed by atoms with Gasteiger partial charge in [-0.05, 0) is 43.7 Å². The van der Waals surface area contributed by atoms with E-state index >= 15 is 0 Å². The van der Waals surface area contributed by atoms with E-state index in [4.69, 9.17) is 37.8 Å². The first-order chi connectivity index (χ1) is 15.2. The molecule has 3 aromatic heterocycles. The second-order valence-electron chi connectivity index (χ2n) is 8.49. The summed E-state index contributed by atoms with van der Waals surface area (Å²) < 4.78 is 14.6. The fourth-order valence-corrected chi connectivity index (χ4v) is 5.86. The number of furan rings is 1. The molecule has 1 N–H and O–H groups in total. The first kappa shape index (κ1) is 21.5. The molecule has 4 heterocycles. The summed E-state index contributed by atoms with van der Waals surface area (Å²) in [5.74, 6) is 0.607. The lowest BCUT2D eigenvalue weighted by Gasteiger charge is -2.30. The number of hydrogen-bond donors (Lipinski definition) is 1. The Morgan fingerprint density at radius 2 is 1.88 bits per heavy atom. The van der Waals surface area contributed by atoms with Crippen molar-refractivity contribution in [3.63, 3.8) is 0 Å². The molecule has 0 bridgehead atoms. The van der Waals surface area contributed by atoms with Gasteiger partial charge in [-0.2, -0.15) is 0 Å². The predicted molar refractivity (Wildman–Crippen MR) is 126 cm³/mol. The Labute approximate surface area is 198 Å². The maximum absolute atomic E-state index is 13.7. The molecular weight excluding hydrogens is 469 g/mol. The van der Waals surface area contributed by atoms with E-state index in [1.165, 1.54) is 15.9 Å². The van der Waals surface area contributed by atoms with Crippen LogP contribution in [0.1, 0.15) is 35.6 Å². The zero-order valence-electron chi connectivity index (χ0n) is 17.6. The van der Waals surface area contributed by atoms with Gasteiger partial charge in [0.25, 0.3) is 0 Å². The van der Waals surface area contributed by atoms with Crippen molar-refractivity contribution in [3.05, 3.63) is 84.4 Å². The molecule has 32 heavy (non-hydrogen) atoms. The van der Waals surface area contributed by atoms with Gasteiger partial charge in [-0.15, -0.1) is 11.3 Å². The Kier molecular flexibility index (Phi) is 5.33. The van der Waals surface area contributed by atoms with E-state index < -0.39 is 0 Å². The van der Waals surface area contributed by atoms with Crippen LogP contribution in [0.25, 0.3) is 10.2 Å². The van der Waals surface area contributed by atoms with Gasteiger partial charge in [0.2, 0.25) is 0 Å². The monoisotopic (exact) mass is 489 g/mol. The highest BCUT2D eigenvalue weighted by atomic mass is 35.5. The molecule has 0 spiro atoms. The largest absolute Gasteiger partial charge is 0.467 e. The number of hydrogen-bond acceptors (Lipinski definition) is 5. The van der Waals surface area contributed by atoms with Crippen molar-refractivity contribution >= 4 is 44.8 Å². The summed E-state index contributed by atoms with van der Waals surface area (Å²) in [4.78, 5) is 15.4. The van der Waals surface area contributed by atoms with E-state index in [1.54, 1.807) is 41.2 Å². The van der Waals surface area contributed by atoms with Gasteiger partial charge in [0.05, 0.1) is 36.9 Å². The van der Waals surface area contributed by atoms with E-state index in [0.717, 1.165) is 20.7 Å². The van der Waals surface area contributed by atoms with Gasteiger partial charge in [0, 0.05) is 26.9 Å². The molecule has 0 saturated heterocycles. The second kappa shape index (κ2) is 7.92. The number of halogens is 2. The van der Waals surface area contributed by atoms with Crippen LogP contribution < -0.4 is 11.2 Å². The quantitative estimate of drug-likeness (QED) is 0.428.